The van der Waals surface area contributed by atoms with Crippen LogP contribution in [-0.4, -0.2) is 10.2 Å². The first-order valence-corrected chi connectivity index (χ1v) is 7.49. The number of rotatable bonds is 4. The Morgan fingerprint density at radius 2 is 1.70 bits per heavy atom. The van der Waals surface area contributed by atoms with Crippen LogP contribution in [0.4, 0.5) is 0 Å². The van der Waals surface area contributed by atoms with Crippen molar-refractivity contribution in [3.05, 3.63) is 58.9 Å². The molecular formula is C18H22N2. The van der Waals surface area contributed by atoms with E-state index >= 15 is 0 Å². The third-order valence-corrected chi connectivity index (χ3v) is 4.42. The Hall–Kier alpha value is -1.70. The Labute approximate surface area is 121 Å². The Kier molecular flexibility index (Phi) is 3.33. The minimum absolute atomic E-state index is 0.319. The van der Waals surface area contributed by atoms with Crippen molar-refractivity contribution in [2.45, 2.75) is 51.4 Å². The second kappa shape index (κ2) is 5.01. The summed E-state index contributed by atoms with van der Waals surface area (Å²) >= 11 is 0. The van der Waals surface area contributed by atoms with E-state index in [-0.39, 0.29) is 0 Å². The van der Waals surface area contributed by atoms with Crippen molar-refractivity contribution in [3.8, 4) is 0 Å². The molecule has 0 unspecified atom stereocenters. The van der Waals surface area contributed by atoms with Gasteiger partial charge in [0.1, 0.15) is 0 Å². The van der Waals surface area contributed by atoms with E-state index in [1.807, 2.05) is 6.92 Å². The summed E-state index contributed by atoms with van der Waals surface area (Å²) in [7, 11) is 0. The van der Waals surface area contributed by atoms with E-state index in [1.165, 1.54) is 24.0 Å². The molecule has 3 rings (SSSR count). The van der Waals surface area contributed by atoms with Crippen LogP contribution in [-0.2, 0) is 11.8 Å². The maximum atomic E-state index is 4.32. The molecule has 0 saturated heterocycles. The van der Waals surface area contributed by atoms with Gasteiger partial charge in [0.2, 0.25) is 0 Å². The van der Waals surface area contributed by atoms with Crippen molar-refractivity contribution < 1.29 is 0 Å². The highest BCUT2D eigenvalue weighted by molar-refractivity contribution is 5.36. The molecule has 0 radical (unpaired) electrons. The van der Waals surface area contributed by atoms with Crippen LogP contribution in [0.5, 0.6) is 0 Å². The van der Waals surface area contributed by atoms with Crippen molar-refractivity contribution in [1.29, 1.82) is 0 Å². The summed E-state index contributed by atoms with van der Waals surface area (Å²) in [5.74, 6) is 0.599. The van der Waals surface area contributed by atoms with Crippen molar-refractivity contribution in [3.63, 3.8) is 0 Å². The molecule has 104 valence electrons. The molecule has 0 bridgehead atoms. The first-order valence-electron chi connectivity index (χ1n) is 7.49. The minimum atomic E-state index is 0.319. The van der Waals surface area contributed by atoms with Gasteiger partial charge < -0.3 is 0 Å². The molecule has 0 atom stereocenters. The summed E-state index contributed by atoms with van der Waals surface area (Å²) in [5.41, 5.74) is 5.30. The average molecular weight is 266 g/mol. The number of hydrogen-bond acceptors (Lipinski definition) is 2. The maximum absolute atomic E-state index is 4.32. The Bertz CT molecular complexity index is 578. The summed E-state index contributed by atoms with van der Waals surface area (Å²) in [5, 5.41) is 8.50. The van der Waals surface area contributed by atoms with Crippen LogP contribution < -0.4 is 0 Å². The van der Waals surface area contributed by atoms with E-state index in [9.17, 15) is 0 Å². The first kappa shape index (κ1) is 13.3. The van der Waals surface area contributed by atoms with Gasteiger partial charge in [-0.3, -0.25) is 0 Å². The molecule has 1 aromatic heterocycles. The first-order chi connectivity index (χ1) is 9.59. The van der Waals surface area contributed by atoms with Crippen LogP contribution in [0, 0.1) is 6.92 Å². The van der Waals surface area contributed by atoms with Gasteiger partial charge in [0, 0.05) is 11.8 Å². The monoisotopic (exact) mass is 266 g/mol. The zero-order valence-electron chi connectivity index (χ0n) is 12.6. The van der Waals surface area contributed by atoms with E-state index in [0.717, 1.165) is 17.8 Å². The third-order valence-electron chi connectivity index (χ3n) is 4.42. The summed E-state index contributed by atoms with van der Waals surface area (Å²) in [6.45, 7) is 6.46. The van der Waals surface area contributed by atoms with E-state index in [1.54, 1.807) is 0 Å². The zero-order chi connectivity index (χ0) is 14.2. The lowest BCUT2D eigenvalue weighted by Gasteiger charge is -2.16. The molecule has 1 aliphatic rings. The van der Waals surface area contributed by atoms with Crippen molar-refractivity contribution in [2.75, 3.05) is 0 Å². The molecule has 20 heavy (non-hydrogen) atoms. The quantitative estimate of drug-likeness (QED) is 0.829. The molecule has 2 heteroatoms. The predicted octanol–water partition coefficient (Wildman–Crippen LogP) is 4.18. The van der Waals surface area contributed by atoms with Gasteiger partial charge in [0.05, 0.1) is 11.4 Å². The highest BCUT2D eigenvalue weighted by atomic mass is 15.1. The van der Waals surface area contributed by atoms with Gasteiger partial charge in [0.25, 0.3) is 0 Å². The molecule has 0 amide bonds. The van der Waals surface area contributed by atoms with Gasteiger partial charge >= 0.3 is 0 Å². The molecule has 0 aliphatic heterocycles. The molecule has 1 aliphatic carbocycles. The predicted molar refractivity (Wildman–Crippen MR) is 81.9 cm³/mol. The largest absolute Gasteiger partial charge is 0.156 e. The standard InChI is InChI=1S/C18H22N2/c1-13(2)15-5-7-16(8-6-15)18(10-11-18)12-17-9-4-14(3)19-20-17/h4-9,13H,10-12H2,1-3H3. The fourth-order valence-corrected chi connectivity index (χ4v) is 2.81. The van der Waals surface area contributed by atoms with Crippen LogP contribution in [0.2, 0.25) is 0 Å². The Morgan fingerprint density at radius 1 is 1.00 bits per heavy atom. The van der Waals surface area contributed by atoms with Crippen LogP contribution >= 0.6 is 0 Å². The minimum Gasteiger partial charge on any atom is -0.156 e. The Balaban J connectivity index is 1.80. The Morgan fingerprint density at radius 3 is 2.20 bits per heavy atom. The maximum Gasteiger partial charge on any atom is 0.0640 e. The second-order valence-corrected chi connectivity index (χ2v) is 6.40. The number of hydrogen-bond donors (Lipinski definition) is 0. The SMILES string of the molecule is Cc1ccc(CC2(c3ccc(C(C)C)cc3)CC2)nn1. The second-order valence-electron chi connectivity index (χ2n) is 6.40. The lowest BCUT2D eigenvalue weighted by molar-refractivity contribution is 0.661. The van der Waals surface area contributed by atoms with E-state index < -0.39 is 0 Å². The highest BCUT2D eigenvalue weighted by Crippen LogP contribution is 2.50. The van der Waals surface area contributed by atoms with Gasteiger partial charge in [-0.05, 0) is 48.9 Å². The summed E-state index contributed by atoms with van der Waals surface area (Å²) in [6, 6.07) is 13.3. The van der Waals surface area contributed by atoms with Gasteiger partial charge in [0.15, 0.2) is 0 Å². The lowest BCUT2D eigenvalue weighted by atomic mass is 9.89. The van der Waals surface area contributed by atoms with Crippen molar-refractivity contribution in [1.82, 2.24) is 10.2 Å². The van der Waals surface area contributed by atoms with E-state index in [0.29, 0.717) is 11.3 Å². The molecule has 2 nitrogen and oxygen atoms in total. The number of benzene rings is 1. The molecule has 1 saturated carbocycles. The normalized spacial score (nSPS) is 16.4. The number of nitrogens with zero attached hydrogens (tertiary/aromatic N) is 2. The van der Waals surface area contributed by atoms with E-state index in [2.05, 4.69) is 60.4 Å². The summed E-state index contributed by atoms with van der Waals surface area (Å²) in [4.78, 5) is 0. The van der Waals surface area contributed by atoms with Gasteiger partial charge in [-0.15, -0.1) is 0 Å². The number of aryl methyl sites for hydroxylation is 1. The number of aromatic nitrogens is 2. The van der Waals surface area contributed by atoms with Crippen LogP contribution in [0.1, 0.15) is 55.1 Å². The van der Waals surface area contributed by atoms with E-state index in [4.69, 9.17) is 0 Å². The van der Waals surface area contributed by atoms with Crippen LogP contribution in [0.25, 0.3) is 0 Å². The molecule has 0 spiro atoms. The summed E-state index contributed by atoms with van der Waals surface area (Å²) < 4.78 is 0. The van der Waals surface area contributed by atoms with Gasteiger partial charge in [-0.1, -0.05) is 38.1 Å². The molecule has 1 fully saturated rings. The highest BCUT2D eigenvalue weighted by Gasteiger charge is 2.44. The van der Waals surface area contributed by atoms with Crippen LogP contribution in [0.3, 0.4) is 0 Å². The van der Waals surface area contributed by atoms with Crippen molar-refractivity contribution in [2.24, 2.45) is 0 Å². The van der Waals surface area contributed by atoms with Gasteiger partial charge in [-0.2, -0.15) is 10.2 Å². The third kappa shape index (κ3) is 2.60. The lowest BCUT2D eigenvalue weighted by Crippen LogP contribution is -2.12. The summed E-state index contributed by atoms with van der Waals surface area (Å²) in [6.07, 6.45) is 3.55. The van der Waals surface area contributed by atoms with Gasteiger partial charge in [-0.25, -0.2) is 0 Å². The fourth-order valence-electron chi connectivity index (χ4n) is 2.81. The smallest absolute Gasteiger partial charge is 0.0640 e. The fraction of sp³-hybridized carbons (Fsp3) is 0.444. The molecule has 1 aromatic carbocycles. The topological polar surface area (TPSA) is 25.8 Å². The molecule has 2 aromatic rings. The van der Waals surface area contributed by atoms with Crippen LogP contribution in [0.15, 0.2) is 36.4 Å². The average Bonchev–Trinajstić information content (AvgIpc) is 3.22. The molecule has 0 N–H and O–H groups in total. The van der Waals surface area contributed by atoms with Crippen molar-refractivity contribution >= 4 is 0 Å². The molecule has 1 heterocycles. The zero-order valence-corrected chi connectivity index (χ0v) is 12.6. The molecular weight excluding hydrogens is 244 g/mol.